The number of hydrogen-bond acceptors (Lipinski definition) is 3. The summed E-state index contributed by atoms with van der Waals surface area (Å²) in [5.74, 6) is -0.479. The maximum absolute atomic E-state index is 12.9. The largest absolute Gasteiger partial charge is 0.504 e. The molecule has 4 aromatic rings. The van der Waals surface area contributed by atoms with Crippen LogP contribution in [0.25, 0.3) is 33.4 Å². The summed E-state index contributed by atoms with van der Waals surface area (Å²) in [4.78, 5) is 3.13. The molecule has 0 aliphatic carbocycles. The van der Waals surface area contributed by atoms with Crippen molar-refractivity contribution in [3.8, 4) is 34.0 Å². The maximum atomic E-state index is 12.9. The second-order valence-corrected chi connectivity index (χ2v) is 6.19. The van der Waals surface area contributed by atoms with Gasteiger partial charge < -0.3 is 15.2 Å². The van der Waals surface area contributed by atoms with E-state index in [0.717, 1.165) is 17.0 Å². The van der Waals surface area contributed by atoms with E-state index in [2.05, 4.69) is 10.1 Å². The summed E-state index contributed by atoms with van der Waals surface area (Å²) in [6.07, 6.45) is -4.51. The van der Waals surface area contributed by atoms with Crippen LogP contribution in [-0.4, -0.2) is 25.0 Å². The molecule has 0 amide bonds. The van der Waals surface area contributed by atoms with E-state index in [1.165, 1.54) is 17.8 Å². The topological polar surface area (TPSA) is 74.1 Å². The smallest absolute Gasteiger partial charge is 0.435 e. The molecule has 0 atom stereocenters. The Morgan fingerprint density at radius 2 is 1.81 bits per heavy atom. The fourth-order valence-electron chi connectivity index (χ4n) is 3.06. The average molecular weight is 373 g/mol. The molecule has 138 valence electrons. The molecule has 8 heteroatoms. The zero-order valence-corrected chi connectivity index (χ0v) is 14.0. The second kappa shape index (κ2) is 5.80. The number of aromatic nitrogens is 3. The van der Waals surface area contributed by atoms with E-state index in [0.29, 0.717) is 22.5 Å². The average Bonchev–Trinajstić information content (AvgIpc) is 3.19. The Morgan fingerprint density at radius 3 is 2.52 bits per heavy atom. The first-order valence-corrected chi connectivity index (χ1v) is 8.00. The standard InChI is InChI=1S/C19H14F3N3O2/c1-25-15(9-17(24-25)19(20,21)22)10-5-6-13-11(7-10)8-14(23-13)12-3-2-4-16(26)18(12)27/h2-9,23,26-27H,1H3. The molecule has 3 N–H and O–H groups in total. The molecule has 5 nitrogen and oxygen atoms in total. The van der Waals surface area contributed by atoms with Gasteiger partial charge >= 0.3 is 6.18 Å². The lowest BCUT2D eigenvalue weighted by Gasteiger charge is -2.03. The van der Waals surface area contributed by atoms with E-state index >= 15 is 0 Å². The molecular weight excluding hydrogens is 359 g/mol. The van der Waals surface area contributed by atoms with Crippen LogP contribution in [0.15, 0.2) is 48.5 Å². The predicted molar refractivity (Wildman–Crippen MR) is 94.3 cm³/mol. The summed E-state index contributed by atoms with van der Waals surface area (Å²) in [7, 11) is 1.46. The normalized spacial score (nSPS) is 12.0. The van der Waals surface area contributed by atoms with Gasteiger partial charge in [-0.05, 0) is 36.4 Å². The van der Waals surface area contributed by atoms with Gasteiger partial charge in [0.1, 0.15) is 0 Å². The first kappa shape index (κ1) is 17.0. The molecule has 2 heterocycles. The molecule has 0 aliphatic rings. The number of H-pyrrole nitrogens is 1. The molecule has 0 spiro atoms. The van der Waals surface area contributed by atoms with E-state index in [-0.39, 0.29) is 11.5 Å². The van der Waals surface area contributed by atoms with Crippen LogP contribution >= 0.6 is 0 Å². The van der Waals surface area contributed by atoms with Gasteiger partial charge in [0.05, 0.1) is 11.4 Å². The number of aromatic amines is 1. The molecule has 27 heavy (non-hydrogen) atoms. The fourth-order valence-corrected chi connectivity index (χ4v) is 3.06. The van der Waals surface area contributed by atoms with Gasteiger partial charge in [-0.2, -0.15) is 18.3 Å². The predicted octanol–water partition coefficient (Wildman–Crippen LogP) is 4.67. The molecule has 0 bridgehead atoms. The van der Waals surface area contributed by atoms with Crippen molar-refractivity contribution in [3.05, 3.63) is 54.2 Å². The van der Waals surface area contributed by atoms with Crippen LogP contribution in [-0.2, 0) is 13.2 Å². The van der Waals surface area contributed by atoms with Crippen LogP contribution in [0.4, 0.5) is 13.2 Å². The first-order chi connectivity index (χ1) is 12.7. The number of nitrogens with one attached hydrogen (secondary N) is 1. The Bertz CT molecular complexity index is 1160. The highest BCUT2D eigenvalue weighted by molar-refractivity contribution is 5.90. The van der Waals surface area contributed by atoms with Crippen LogP contribution in [0.5, 0.6) is 11.5 Å². The lowest BCUT2D eigenvalue weighted by Crippen LogP contribution is -2.06. The van der Waals surface area contributed by atoms with Gasteiger partial charge in [-0.3, -0.25) is 4.68 Å². The maximum Gasteiger partial charge on any atom is 0.435 e. The monoisotopic (exact) mass is 373 g/mol. The lowest BCUT2D eigenvalue weighted by atomic mass is 10.1. The number of phenolic OH excluding ortho intramolecular Hbond substituents is 2. The number of fused-ring (bicyclic) bond motifs is 1. The molecule has 0 saturated carbocycles. The van der Waals surface area contributed by atoms with Crippen molar-refractivity contribution >= 4 is 10.9 Å². The SMILES string of the molecule is Cn1nc(C(F)(F)F)cc1-c1ccc2[nH]c(-c3cccc(O)c3O)cc2c1. The summed E-state index contributed by atoms with van der Waals surface area (Å²) in [5, 5.41) is 24.0. The quantitative estimate of drug-likeness (QED) is 0.447. The van der Waals surface area contributed by atoms with E-state index in [4.69, 9.17) is 0 Å². The number of rotatable bonds is 2. The summed E-state index contributed by atoms with van der Waals surface area (Å²) in [6.45, 7) is 0. The van der Waals surface area contributed by atoms with Gasteiger partial charge in [0, 0.05) is 29.1 Å². The number of para-hydroxylation sites is 1. The van der Waals surface area contributed by atoms with Gasteiger partial charge in [-0.1, -0.05) is 12.1 Å². The number of hydrogen-bond donors (Lipinski definition) is 3. The third kappa shape index (κ3) is 2.88. The molecular formula is C19H14F3N3O2. The highest BCUT2D eigenvalue weighted by atomic mass is 19.4. The highest BCUT2D eigenvalue weighted by Gasteiger charge is 2.34. The second-order valence-electron chi connectivity index (χ2n) is 6.19. The van der Waals surface area contributed by atoms with E-state index in [9.17, 15) is 23.4 Å². The van der Waals surface area contributed by atoms with Crippen LogP contribution in [0.1, 0.15) is 5.69 Å². The Balaban J connectivity index is 1.80. The van der Waals surface area contributed by atoms with E-state index < -0.39 is 11.9 Å². The van der Waals surface area contributed by atoms with Crippen molar-refractivity contribution in [3.63, 3.8) is 0 Å². The minimum Gasteiger partial charge on any atom is -0.504 e. The zero-order valence-electron chi connectivity index (χ0n) is 14.0. The van der Waals surface area contributed by atoms with Crippen molar-refractivity contribution < 1.29 is 23.4 Å². The Labute approximate surface area is 151 Å². The third-order valence-corrected chi connectivity index (χ3v) is 4.39. The van der Waals surface area contributed by atoms with Crippen LogP contribution < -0.4 is 0 Å². The summed E-state index contributed by atoms with van der Waals surface area (Å²) in [5.41, 5.74) is 1.73. The van der Waals surface area contributed by atoms with E-state index in [1.807, 2.05) is 0 Å². The lowest BCUT2D eigenvalue weighted by molar-refractivity contribution is -0.141. The molecule has 2 aromatic heterocycles. The van der Waals surface area contributed by atoms with Crippen molar-refractivity contribution in [2.75, 3.05) is 0 Å². The van der Waals surface area contributed by atoms with Crippen LogP contribution in [0.2, 0.25) is 0 Å². The number of aryl methyl sites for hydroxylation is 1. The third-order valence-electron chi connectivity index (χ3n) is 4.39. The molecule has 0 saturated heterocycles. The van der Waals surface area contributed by atoms with Crippen molar-refractivity contribution in [1.29, 1.82) is 0 Å². The number of alkyl halides is 3. The molecule has 0 radical (unpaired) electrons. The Morgan fingerprint density at radius 1 is 1.04 bits per heavy atom. The first-order valence-electron chi connectivity index (χ1n) is 8.00. The number of aromatic hydroxyl groups is 2. The molecule has 0 unspecified atom stereocenters. The number of nitrogens with zero attached hydrogens (tertiary/aromatic N) is 2. The number of phenols is 2. The minimum absolute atomic E-state index is 0.235. The fraction of sp³-hybridized carbons (Fsp3) is 0.105. The molecule has 4 rings (SSSR count). The van der Waals surface area contributed by atoms with Crippen molar-refractivity contribution in [2.24, 2.45) is 7.05 Å². The molecule has 2 aromatic carbocycles. The Hall–Kier alpha value is -3.42. The number of benzene rings is 2. The van der Waals surface area contributed by atoms with E-state index in [1.54, 1.807) is 36.4 Å². The van der Waals surface area contributed by atoms with Crippen LogP contribution in [0.3, 0.4) is 0 Å². The Kier molecular flexibility index (Phi) is 3.66. The van der Waals surface area contributed by atoms with Crippen molar-refractivity contribution in [1.82, 2.24) is 14.8 Å². The molecule has 0 fully saturated rings. The molecule has 0 aliphatic heterocycles. The number of halogens is 3. The highest BCUT2D eigenvalue weighted by Crippen LogP contribution is 2.38. The van der Waals surface area contributed by atoms with Crippen LogP contribution in [0, 0.1) is 0 Å². The van der Waals surface area contributed by atoms with Crippen molar-refractivity contribution in [2.45, 2.75) is 6.18 Å². The van der Waals surface area contributed by atoms with Gasteiger partial charge in [0.15, 0.2) is 17.2 Å². The zero-order chi connectivity index (χ0) is 19.3. The summed E-state index contributed by atoms with van der Waals surface area (Å²) < 4.78 is 39.9. The minimum atomic E-state index is -4.51. The van der Waals surface area contributed by atoms with Gasteiger partial charge in [0.25, 0.3) is 0 Å². The summed E-state index contributed by atoms with van der Waals surface area (Å²) >= 11 is 0. The van der Waals surface area contributed by atoms with Gasteiger partial charge in [0.2, 0.25) is 0 Å². The van der Waals surface area contributed by atoms with Gasteiger partial charge in [-0.25, -0.2) is 0 Å². The van der Waals surface area contributed by atoms with Gasteiger partial charge in [-0.15, -0.1) is 0 Å². The summed E-state index contributed by atoms with van der Waals surface area (Å²) in [6, 6.07) is 12.6.